The summed E-state index contributed by atoms with van der Waals surface area (Å²) in [4.78, 5) is 25.0. The number of aromatic nitrogens is 3. The molecule has 0 bridgehead atoms. The van der Waals surface area contributed by atoms with E-state index in [4.69, 9.17) is 0 Å². The smallest absolute Gasteiger partial charge is 0.230 e. The highest BCUT2D eigenvalue weighted by Gasteiger charge is 2.14. The van der Waals surface area contributed by atoms with E-state index in [2.05, 4.69) is 41.0 Å². The Morgan fingerprint density at radius 1 is 1.12 bits per heavy atom. The van der Waals surface area contributed by atoms with Gasteiger partial charge in [0.1, 0.15) is 0 Å². The van der Waals surface area contributed by atoms with Crippen molar-refractivity contribution in [3.63, 3.8) is 0 Å². The Kier molecular flexibility index (Phi) is 4.90. The Bertz CT molecular complexity index is 851. The first-order valence-electron chi connectivity index (χ1n) is 8.04. The van der Waals surface area contributed by atoms with Gasteiger partial charge in [-0.15, -0.1) is 11.3 Å². The number of rotatable bonds is 4. The minimum atomic E-state index is -0.0886. The van der Waals surface area contributed by atoms with Crippen molar-refractivity contribution >= 4 is 22.9 Å². The molecule has 2 aromatic heterocycles. The summed E-state index contributed by atoms with van der Waals surface area (Å²) < 4.78 is 0. The molecule has 0 fully saturated rings. The van der Waals surface area contributed by atoms with Crippen molar-refractivity contribution in [1.82, 2.24) is 15.0 Å². The van der Waals surface area contributed by atoms with Gasteiger partial charge in [-0.25, -0.2) is 15.0 Å². The predicted octanol–water partition coefficient (Wildman–Crippen LogP) is 4.08. The maximum Gasteiger partial charge on any atom is 0.230 e. The van der Waals surface area contributed by atoms with Crippen LogP contribution in [0.1, 0.15) is 32.0 Å². The van der Waals surface area contributed by atoms with Crippen LogP contribution in [0.2, 0.25) is 0 Å². The molecule has 3 aromatic rings. The highest BCUT2D eigenvalue weighted by atomic mass is 32.1. The third kappa shape index (κ3) is 4.48. The lowest BCUT2D eigenvalue weighted by Crippen LogP contribution is -2.15. The summed E-state index contributed by atoms with van der Waals surface area (Å²) in [5.74, 6) is 0.492. The van der Waals surface area contributed by atoms with E-state index in [1.807, 2.05) is 29.6 Å². The van der Waals surface area contributed by atoms with Crippen molar-refractivity contribution in [3.8, 4) is 10.8 Å². The summed E-state index contributed by atoms with van der Waals surface area (Å²) in [7, 11) is 0. The fourth-order valence-corrected chi connectivity index (χ4v) is 3.09. The molecular weight excluding hydrogens is 332 g/mol. The second-order valence-corrected chi connectivity index (χ2v) is 7.63. The lowest BCUT2D eigenvalue weighted by atomic mass is 9.87. The number of thiazole rings is 1. The lowest BCUT2D eigenvalue weighted by molar-refractivity contribution is -0.115. The predicted molar refractivity (Wildman–Crippen MR) is 101 cm³/mol. The molecule has 1 N–H and O–H groups in total. The first kappa shape index (κ1) is 17.2. The van der Waals surface area contributed by atoms with Gasteiger partial charge in [-0.3, -0.25) is 4.79 Å². The van der Waals surface area contributed by atoms with Gasteiger partial charge in [0.25, 0.3) is 0 Å². The SMILES string of the molecule is CC(C)(C)c1ccc(NC(=O)Cc2csc(-c3ncccn3)n2)cc1. The molecule has 0 radical (unpaired) electrons. The molecule has 0 saturated heterocycles. The normalized spacial score (nSPS) is 11.3. The highest BCUT2D eigenvalue weighted by Crippen LogP contribution is 2.24. The molecule has 1 amide bonds. The molecule has 0 unspecified atom stereocenters. The van der Waals surface area contributed by atoms with Gasteiger partial charge in [-0.05, 0) is 29.2 Å². The second kappa shape index (κ2) is 7.11. The Labute approximate surface area is 151 Å². The molecule has 3 rings (SSSR count). The summed E-state index contributed by atoms with van der Waals surface area (Å²) in [5.41, 5.74) is 2.84. The average Bonchev–Trinajstić information content (AvgIpc) is 3.03. The average molecular weight is 352 g/mol. The minimum Gasteiger partial charge on any atom is -0.326 e. The van der Waals surface area contributed by atoms with E-state index in [0.717, 1.165) is 16.4 Å². The number of anilines is 1. The number of carbonyl (C=O) groups excluding carboxylic acids is 1. The third-order valence-electron chi connectivity index (χ3n) is 3.69. The van der Waals surface area contributed by atoms with Crippen LogP contribution in [0.3, 0.4) is 0 Å². The molecule has 5 nitrogen and oxygen atoms in total. The van der Waals surface area contributed by atoms with Gasteiger partial charge in [-0.1, -0.05) is 32.9 Å². The molecule has 0 spiro atoms. The van der Waals surface area contributed by atoms with Gasteiger partial charge in [-0.2, -0.15) is 0 Å². The number of carbonyl (C=O) groups is 1. The number of hydrogen-bond acceptors (Lipinski definition) is 5. The standard InChI is InChI=1S/C19H20N4OS/c1-19(2,3)13-5-7-14(8-6-13)22-16(24)11-15-12-25-18(23-15)17-20-9-4-10-21-17/h4-10,12H,11H2,1-3H3,(H,22,24). The van der Waals surface area contributed by atoms with Crippen LogP contribution >= 0.6 is 11.3 Å². The molecular formula is C19H20N4OS. The summed E-state index contributed by atoms with van der Waals surface area (Å²) in [6.45, 7) is 6.49. The van der Waals surface area contributed by atoms with E-state index >= 15 is 0 Å². The van der Waals surface area contributed by atoms with E-state index < -0.39 is 0 Å². The number of nitrogens with one attached hydrogen (secondary N) is 1. The van der Waals surface area contributed by atoms with Crippen LogP contribution in [0.15, 0.2) is 48.1 Å². The lowest BCUT2D eigenvalue weighted by Gasteiger charge is -2.19. The monoisotopic (exact) mass is 352 g/mol. The van der Waals surface area contributed by atoms with Crippen LogP contribution in [-0.2, 0) is 16.6 Å². The van der Waals surface area contributed by atoms with E-state index in [-0.39, 0.29) is 17.7 Å². The van der Waals surface area contributed by atoms with Gasteiger partial charge >= 0.3 is 0 Å². The Hall–Kier alpha value is -2.60. The Morgan fingerprint density at radius 3 is 2.44 bits per heavy atom. The van der Waals surface area contributed by atoms with Crippen molar-refractivity contribution < 1.29 is 4.79 Å². The topological polar surface area (TPSA) is 67.8 Å². The molecule has 1 aromatic carbocycles. The van der Waals surface area contributed by atoms with Crippen molar-refractivity contribution in [2.45, 2.75) is 32.6 Å². The molecule has 0 saturated carbocycles. The third-order valence-corrected chi connectivity index (χ3v) is 4.57. The van der Waals surface area contributed by atoms with Gasteiger partial charge in [0.15, 0.2) is 10.8 Å². The van der Waals surface area contributed by atoms with Gasteiger partial charge < -0.3 is 5.32 Å². The molecule has 0 aliphatic carbocycles. The van der Waals surface area contributed by atoms with E-state index in [1.165, 1.54) is 16.9 Å². The quantitative estimate of drug-likeness (QED) is 0.768. The first-order valence-corrected chi connectivity index (χ1v) is 8.92. The van der Waals surface area contributed by atoms with Crippen molar-refractivity contribution in [3.05, 3.63) is 59.4 Å². The van der Waals surface area contributed by atoms with E-state index in [1.54, 1.807) is 18.5 Å². The van der Waals surface area contributed by atoms with Gasteiger partial charge in [0.05, 0.1) is 12.1 Å². The number of benzene rings is 1. The molecule has 0 aliphatic rings. The Morgan fingerprint density at radius 2 is 1.80 bits per heavy atom. The molecule has 6 heteroatoms. The van der Waals surface area contributed by atoms with Crippen molar-refractivity contribution in [1.29, 1.82) is 0 Å². The Balaban J connectivity index is 1.62. The molecule has 0 aliphatic heterocycles. The van der Waals surface area contributed by atoms with Crippen LogP contribution in [0.5, 0.6) is 0 Å². The number of amides is 1. The fourth-order valence-electron chi connectivity index (χ4n) is 2.32. The summed E-state index contributed by atoms with van der Waals surface area (Å²) >= 11 is 1.44. The number of nitrogens with zero attached hydrogens (tertiary/aromatic N) is 3. The molecule has 2 heterocycles. The highest BCUT2D eigenvalue weighted by molar-refractivity contribution is 7.13. The summed E-state index contributed by atoms with van der Waals surface area (Å²) in [5, 5.41) is 5.50. The minimum absolute atomic E-state index is 0.0886. The van der Waals surface area contributed by atoms with Crippen LogP contribution in [0.25, 0.3) is 10.8 Å². The van der Waals surface area contributed by atoms with E-state index in [9.17, 15) is 4.79 Å². The van der Waals surface area contributed by atoms with Crippen LogP contribution < -0.4 is 5.32 Å². The van der Waals surface area contributed by atoms with Crippen LogP contribution in [0, 0.1) is 0 Å². The molecule has 0 atom stereocenters. The zero-order chi connectivity index (χ0) is 17.9. The first-order chi connectivity index (χ1) is 11.9. The summed E-state index contributed by atoms with van der Waals surface area (Å²) in [6, 6.07) is 9.72. The fraction of sp³-hybridized carbons (Fsp3) is 0.263. The van der Waals surface area contributed by atoms with Crippen LogP contribution in [-0.4, -0.2) is 20.9 Å². The largest absolute Gasteiger partial charge is 0.326 e. The van der Waals surface area contributed by atoms with Crippen molar-refractivity contribution in [2.24, 2.45) is 0 Å². The molecule has 25 heavy (non-hydrogen) atoms. The van der Waals surface area contributed by atoms with E-state index in [0.29, 0.717) is 5.82 Å². The van der Waals surface area contributed by atoms with Gasteiger partial charge in [0.2, 0.25) is 5.91 Å². The second-order valence-electron chi connectivity index (χ2n) is 6.77. The zero-order valence-corrected chi connectivity index (χ0v) is 15.3. The molecule has 128 valence electrons. The number of hydrogen-bond donors (Lipinski definition) is 1. The van der Waals surface area contributed by atoms with Gasteiger partial charge in [0, 0.05) is 23.5 Å². The maximum absolute atomic E-state index is 12.2. The maximum atomic E-state index is 12.2. The van der Waals surface area contributed by atoms with Crippen LogP contribution in [0.4, 0.5) is 5.69 Å². The zero-order valence-electron chi connectivity index (χ0n) is 14.5. The van der Waals surface area contributed by atoms with Crippen molar-refractivity contribution in [2.75, 3.05) is 5.32 Å². The summed E-state index contributed by atoms with van der Waals surface area (Å²) in [6.07, 6.45) is 3.58.